The molecule has 18 heavy (non-hydrogen) atoms. The lowest BCUT2D eigenvalue weighted by Crippen LogP contribution is -2.41. The van der Waals surface area contributed by atoms with E-state index in [4.69, 9.17) is 0 Å². The summed E-state index contributed by atoms with van der Waals surface area (Å²) in [7, 11) is 3.92. The predicted molar refractivity (Wildman–Crippen MR) is 74.0 cm³/mol. The fourth-order valence-electron chi connectivity index (χ4n) is 2.53. The maximum absolute atomic E-state index is 11.7. The second kappa shape index (κ2) is 4.94. The third-order valence-electron chi connectivity index (χ3n) is 3.76. The Morgan fingerprint density at radius 2 is 2.28 bits per heavy atom. The molecule has 1 atom stereocenters. The van der Waals surface area contributed by atoms with Crippen LogP contribution in [0.3, 0.4) is 0 Å². The van der Waals surface area contributed by atoms with Crippen molar-refractivity contribution in [3.63, 3.8) is 0 Å². The van der Waals surface area contributed by atoms with E-state index in [0.717, 1.165) is 29.9 Å². The molecule has 1 aromatic rings. The molecule has 1 N–H and O–H groups in total. The SMILES string of the molecule is CN=C1CCN(C)[C@@H](C)/C1=C(/C)n1cc[nH]c1=O. The van der Waals surface area contributed by atoms with Crippen LogP contribution in [0.1, 0.15) is 20.3 Å². The Kier molecular flexibility index (Phi) is 3.52. The molecule has 0 saturated carbocycles. The van der Waals surface area contributed by atoms with Crippen LogP contribution in [0.5, 0.6) is 0 Å². The topological polar surface area (TPSA) is 53.4 Å². The zero-order valence-corrected chi connectivity index (χ0v) is 11.4. The average Bonchev–Trinajstić information content (AvgIpc) is 2.78. The van der Waals surface area contributed by atoms with Gasteiger partial charge in [-0.1, -0.05) is 0 Å². The lowest BCUT2D eigenvalue weighted by molar-refractivity contribution is 0.287. The second-order valence-electron chi connectivity index (χ2n) is 4.71. The first-order chi connectivity index (χ1) is 8.56. The van der Waals surface area contributed by atoms with Gasteiger partial charge in [0.25, 0.3) is 0 Å². The van der Waals surface area contributed by atoms with Crippen molar-refractivity contribution < 1.29 is 0 Å². The minimum atomic E-state index is -0.101. The van der Waals surface area contributed by atoms with Crippen LogP contribution in [0.2, 0.25) is 0 Å². The summed E-state index contributed by atoms with van der Waals surface area (Å²) >= 11 is 0. The summed E-state index contributed by atoms with van der Waals surface area (Å²) in [5, 5.41) is 0. The van der Waals surface area contributed by atoms with E-state index in [0.29, 0.717) is 0 Å². The van der Waals surface area contributed by atoms with E-state index in [-0.39, 0.29) is 11.7 Å². The van der Waals surface area contributed by atoms with Gasteiger partial charge in [-0.2, -0.15) is 0 Å². The molecule has 0 unspecified atom stereocenters. The van der Waals surface area contributed by atoms with E-state index in [9.17, 15) is 4.79 Å². The summed E-state index contributed by atoms with van der Waals surface area (Å²) in [6.07, 6.45) is 4.36. The number of aromatic nitrogens is 2. The van der Waals surface area contributed by atoms with E-state index >= 15 is 0 Å². The van der Waals surface area contributed by atoms with Crippen molar-refractivity contribution in [1.82, 2.24) is 14.5 Å². The number of imidazole rings is 1. The molecule has 0 bridgehead atoms. The Balaban J connectivity index is 2.56. The highest BCUT2D eigenvalue weighted by Crippen LogP contribution is 2.24. The Hall–Kier alpha value is -1.62. The maximum atomic E-state index is 11.7. The highest BCUT2D eigenvalue weighted by Gasteiger charge is 2.26. The van der Waals surface area contributed by atoms with Crippen LogP contribution in [0.25, 0.3) is 5.70 Å². The number of rotatable bonds is 1. The number of H-pyrrole nitrogens is 1. The lowest BCUT2D eigenvalue weighted by atomic mass is 9.93. The van der Waals surface area contributed by atoms with Gasteiger partial charge in [0.1, 0.15) is 0 Å². The van der Waals surface area contributed by atoms with Crippen molar-refractivity contribution in [2.45, 2.75) is 26.3 Å². The van der Waals surface area contributed by atoms with E-state index in [1.165, 1.54) is 0 Å². The van der Waals surface area contributed by atoms with Crippen LogP contribution in [0, 0.1) is 0 Å². The first-order valence-corrected chi connectivity index (χ1v) is 6.19. The monoisotopic (exact) mass is 248 g/mol. The molecule has 1 aliphatic heterocycles. The van der Waals surface area contributed by atoms with Crippen LogP contribution in [0.4, 0.5) is 0 Å². The molecular weight excluding hydrogens is 228 g/mol. The molecule has 5 heteroatoms. The first-order valence-electron chi connectivity index (χ1n) is 6.19. The second-order valence-corrected chi connectivity index (χ2v) is 4.71. The van der Waals surface area contributed by atoms with Gasteiger partial charge in [-0.25, -0.2) is 4.79 Å². The number of hydrogen-bond acceptors (Lipinski definition) is 3. The van der Waals surface area contributed by atoms with Crippen molar-refractivity contribution in [2.75, 3.05) is 20.6 Å². The summed E-state index contributed by atoms with van der Waals surface area (Å²) in [5.74, 6) is 0. The Bertz CT molecular complexity index is 549. The van der Waals surface area contributed by atoms with Gasteiger partial charge in [-0.05, 0) is 20.9 Å². The summed E-state index contributed by atoms with van der Waals surface area (Å²) in [6.45, 7) is 5.14. The molecule has 0 radical (unpaired) electrons. The molecule has 0 aliphatic carbocycles. The predicted octanol–water partition coefficient (Wildman–Crippen LogP) is 1.20. The molecular formula is C13H20N4O. The number of nitrogens with one attached hydrogen (secondary N) is 1. The van der Waals surface area contributed by atoms with Crippen molar-refractivity contribution in [1.29, 1.82) is 0 Å². The van der Waals surface area contributed by atoms with E-state index in [2.05, 4.69) is 28.8 Å². The number of nitrogens with zero attached hydrogens (tertiary/aromatic N) is 3. The molecule has 0 aromatic carbocycles. The smallest absolute Gasteiger partial charge is 0.312 e. The number of allylic oxidation sites excluding steroid dienone is 1. The van der Waals surface area contributed by atoms with Gasteiger partial charge in [-0.3, -0.25) is 14.5 Å². The molecule has 1 fully saturated rings. The highest BCUT2D eigenvalue weighted by atomic mass is 16.1. The van der Waals surface area contributed by atoms with Gasteiger partial charge in [0, 0.05) is 55.4 Å². The van der Waals surface area contributed by atoms with Crippen LogP contribution >= 0.6 is 0 Å². The molecule has 5 nitrogen and oxygen atoms in total. The average molecular weight is 248 g/mol. The normalized spacial score (nSPS) is 26.7. The van der Waals surface area contributed by atoms with Crippen LogP contribution < -0.4 is 5.69 Å². The number of likely N-dealkylation sites (tertiary alicyclic amines) is 1. The third kappa shape index (κ3) is 2.06. The molecule has 1 aliphatic rings. The zero-order chi connectivity index (χ0) is 13.3. The van der Waals surface area contributed by atoms with Gasteiger partial charge in [0.2, 0.25) is 0 Å². The molecule has 2 rings (SSSR count). The van der Waals surface area contributed by atoms with Gasteiger partial charge < -0.3 is 4.98 Å². The quantitative estimate of drug-likeness (QED) is 0.812. The highest BCUT2D eigenvalue weighted by molar-refractivity contribution is 6.06. The lowest BCUT2D eigenvalue weighted by Gasteiger charge is -2.34. The van der Waals surface area contributed by atoms with E-state index in [1.807, 2.05) is 14.0 Å². The summed E-state index contributed by atoms with van der Waals surface area (Å²) < 4.78 is 1.65. The fraction of sp³-hybridized carbons (Fsp3) is 0.538. The van der Waals surface area contributed by atoms with Crippen molar-refractivity contribution in [3.05, 3.63) is 28.5 Å². The van der Waals surface area contributed by atoms with Crippen molar-refractivity contribution in [2.24, 2.45) is 4.99 Å². The van der Waals surface area contributed by atoms with Gasteiger partial charge in [0.15, 0.2) is 0 Å². The number of likely N-dealkylation sites (N-methyl/N-ethyl adjacent to an activating group) is 1. The van der Waals surface area contributed by atoms with Crippen LogP contribution in [-0.2, 0) is 0 Å². The number of piperidine rings is 1. The Labute approximate surface area is 107 Å². The van der Waals surface area contributed by atoms with Gasteiger partial charge in [0.05, 0.1) is 0 Å². The standard InChI is InChI=1S/C13H20N4O/c1-9-12(11(14-3)5-7-16(9)4)10(2)17-8-6-15-13(17)18/h6,8-9H,5,7H2,1-4H3,(H,15,18)/b12-10+,14-11?/t9-/m0/s1. The van der Waals surface area contributed by atoms with Gasteiger partial charge >= 0.3 is 5.69 Å². The molecule has 98 valence electrons. The van der Waals surface area contributed by atoms with Crippen molar-refractivity contribution >= 4 is 11.4 Å². The zero-order valence-electron chi connectivity index (χ0n) is 11.4. The molecule has 0 amide bonds. The third-order valence-corrected chi connectivity index (χ3v) is 3.76. The van der Waals surface area contributed by atoms with Crippen molar-refractivity contribution in [3.8, 4) is 0 Å². The first kappa shape index (κ1) is 12.8. The van der Waals surface area contributed by atoms with Crippen LogP contribution in [-0.4, -0.2) is 46.8 Å². The van der Waals surface area contributed by atoms with E-state index < -0.39 is 0 Å². The largest absolute Gasteiger partial charge is 0.329 e. The number of hydrogen-bond donors (Lipinski definition) is 1. The van der Waals surface area contributed by atoms with Gasteiger partial charge in [-0.15, -0.1) is 0 Å². The molecule has 0 spiro atoms. The number of aliphatic imine (C=N–C) groups is 1. The Morgan fingerprint density at radius 3 is 2.83 bits per heavy atom. The summed E-state index contributed by atoms with van der Waals surface area (Å²) in [4.78, 5) is 21.0. The summed E-state index contributed by atoms with van der Waals surface area (Å²) in [5.41, 5.74) is 3.12. The minimum absolute atomic E-state index is 0.101. The minimum Gasteiger partial charge on any atom is -0.312 e. The molecule has 1 saturated heterocycles. The maximum Gasteiger partial charge on any atom is 0.329 e. The fourth-order valence-corrected chi connectivity index (χ4v) is 2.53. The van der Waals surface area contributed by atoms with E-state index in [1.54, 1.807) is 17.0 Å². The summed E-state index contributed by atoms with van der Waals surface area (Å²) in [6, 6.07) is 0.277. The van der Waals surface area contributed by atoms with Crippen LogP contribution in [0.15, 0.2) is 27.8 Å². The Morgan fingerprint density at radius 1 is 1.56 bits per heavy atom. The number of aromatic amines is 1. The molecule has 1 aromatic heterocycles. The molecule has 2 heterocycles.